The maximum Gasteiger partial charge on any atom is 0.472 e. The maximum absolute atomic E-state index is 13.0. The van der Waals surface area contributed by atoms with Crippen molar-refractivity contribution in [3.63, 3.8) is 0 Å². The smallest absolute Gasteiger partial charge is 0.462 e. The summed E-state index contributed by atoms with van der Waals surface area (Å²) in [7, 11) is -10.7. The third-order valence-electron chi connectivity index (χ3n) is 10.6. The lowest BCUT2D eigenvalue weighted by Gasteiger charge is -2.43. The summed E-state index contributed by atoms with van der Waals surface area (Å²) in [5.41, 5.74) is 0. The van der Waals surface area contributed by atoms with E-state index in [0.29, 0.717) is 38.5 Å². The Bertz CT molecular complexity index is 1480. The number of carbonyl (C=O) groups is 2. The molecular formula is C45H80O18P2. The first-order valence-electron chi connectivity index (χ1n) is 23.3. The molecule has 1 aliphatic rings. The Morgan fingerprint density at radius 2 is 1.09 bits per heavy atom. The first kappa shape index (κ1) is 60.9. The van der Waals surface area contributed by atoms with Crippen LogP contribution in [0, 0.1) is 0 Å². The summed E-state index contributed by atoms with van der Waals surface area (Å²) in [5, 5.41) is 61.7. The van der Waals surface area contributed by atoms with E-state index in [1.807, 2.05) is 12.2 Å². The molecular weight excluding hydrogens is 890 g/mol. The Kier molecular flexibility index (Phi) is 33.7. The molecule has 0 bridgehead atoms. The summed E-state index contributed by atoms with van der Waals surface area (Å²) in [6.45, 7) is 2.78. The van der Waals surface area contributed by atoms with Crippen LogP contribution in [0.5, 0.6) is 0 Å². The molecule has 0 radical (unpaired) electrons. The second kappa shape index (κ2) is 35.9. The second-order valence-electron chi connectivity index (χ2n) is 16.4. The monoisotopic (exact) mass is 970 g/mol. The van der Waals surface area contributed by atoms with Crippen molar-refractivity contribution >= 4 is 27.6 Å². The molecule has 18 nitrogen and oxygen atoms in total. The molecule has 1 rings (SSSR count). The van der Waals surface area contributed by atoms with Crippen LogP contribution in [-0.4, -0.2) is 125 Å². The first-order valence-corrected chi connectivity index (χ1v) is 26.4. The van der Waals surface area contributed by atoms with E-state index >= 15 is 0 Å². The van der Waals surface area contributed by atoms with Gasteiger partial charge in [0.15, 0.2) is 6.10 Å². The Labute approximate surface area is 385 Å². The molecule has 0 aromatic rings. The summed E-state index contributed by atoms with van der Waals surface area (Å²) in [4.78, 5) is 54.3. The Hall–Kier alpha value is -2.12. The largest absolute Gasteiger partial charge is 0.472 e. The highest BCUT2D eigenvalue weighted by Gasteiger charge is 2.54. The van der Waals surface area contributed by atoms with Gasteiger partial charge < -0.3 is 54.8 Å². The van der Waals surface area contributed by atoms with Crippen molar-refractivity contribution in [2.45, 2.75) is 210 Å². The predicted molar refractivity (Wildman–Crippen MR) is 244 cm³/mol. The summed E-state index contributed by atoms with van der Waals surface area (Å²) in [6, 6.07) is 0. The number of allylic oxidation sites excluding steroid dienone is 7. The van der Waals surface area contributed by atoms with Crippen molar-refractivity contribution in [3.8, 4) is 0 Å². The van der Waals surface area contributed by atoms with Crippen LogP contribution in [0.3, 0.4) is 0 Å². The number of aliphatic hydroxyl groups excluding tert-OH is 6. The topological polar surface area (TPSA) is 296 Å². The average Bonchev–Trinajstić information content (AvgIpc) is 3.25. The molecule has 0 spiro atoms. The zero-order valence-corrected chi connectivity index (χ0v) is 40.2. The molecule has 0 aliphatic heterocycles. The number of ether oxygens (including phenoxy) is 2. The standard InChI is InChI=1S/C45H80O18P2/c1-3-5-7-9-11-12-13-14-15-16-17-18-19-23-28-32-39(49)61-35(34-60-65(57,58)63-45-42(52)40(50)41(51)44(43(45)53)62-64(54,55)56)33-59-38(48)31-27-24-20-22-26-30-37(47)36(46)29-25-21-10-8-6-4-2/h5,7,11-12,14-15,21,25,35-37,40-47,50-53H,3-4,6,8-10,13,16-20,22-24,26-34H2,1-2H3,(H,57,58)(H2,54,55,56)/b7-5-,12-11-,15-14-,25-21-/t35-,36-,37-,40?,41?,42?,43?,44-,45+/m1/s1. The van der Waals surface area contributed by atoms with E-state index < -0.39 is 95.7 Å². The number of hydrogen-bond donors (Lipinski definition) is 9. The van der Waals surface area contributed by atoms with Gasteiger partial charge in [-0.3, -0.25) is 23.2 Å². The quantitative estimate of drug-likeness (QED) is 0.0139. The minimum atomic E-state index is -5.38. The van der Waals surface area contributed by atoms with Gasteiger partial charge in [-0.15, -0.1) is 0 Å². The molecule has 9 N–H and O–H groups in total. The van der Waals surface area contributed by atoms with Crippen LogP contribution in [0.4, 0.5) is 0 Å². The predicted octanol–water partition coefficient (Wildman–Crippen LogP) is 6.45. The van der Waals surface area contributed by atoms with Gasteiger partial charge in [0.05, 0.1) is 18.8 Å². The van der Waals surface area contributed by atoms with Crippen LogP contribution in [0.2, 0.25) is 0 Å². The second-order valence-corrected chi connectivity index (χ2v) is 19.0. The SMILES string of the molecule is CC/C=C\C/C=C\C/C=C\CCCCCCCC(=O)O[C@H](COC(=O)CCCCCCC[C@@H](O)[C@H](O)C/C=C\CCCCC)COP(=O)(O)O[C@H]1C(O)C(O)C(O)[C@@H](OP(=O)(O)O)C1O. The Balaban J connectivity index is 2.66. The van der Waals surface area contributed by atoms with Gasteiger partial charge in [0, 0.05) is 12.8 Å². The van der Waals surface area contributed by atoms with Gasteiger partial charge in [0.25, 0.3) is 0 Å². The Morgan fingerprint density at radius 1 is 0.569 bits per heavy atom. The van der Waals surface area contributed by atoms with Gasteiger partial charge in [-0.2, -0.15) is 0 Å². The molecule has 65 heavy (non-hydrogen) atoms. The van der Waals surface area contributed by atoms with Gasteiger partial charge in [-0.05, 0) is 70.6 Å². The van der Waals surface area contributed by atoms with Crippen LogP contribution in [0.1, 0.15) is 155 Å². The van der Waals surface area contributed by atoms with Gasteiger partial charge in [0.1, 0.15) is 43.2 Å². The summed E-state index contributed by atoms with van der Waals surface area (Å²) in [5.74, 6) is -1.34. The minimum absolute atomic E-state index is 0.00872. The van der Waals surface area contributed by atoms with Gasteiger partial charge in [-0.1, -0.05) is 120 Å². The van der Waals surface area contributed by atoms with Crippen molar-refractivity contribution in [2.24, 2.45) is 0 Å². The summed E-state index contributed by atoms with van der Waals surface area (Å²) < 4.78 is 49.2. The van der Waals surface area contributed by atoms with Crippen molar-refractivity contribution < 1.29 is 87.1 Å². The van der Waals surface area contributed by atoms with E-state index in [9.17, 15) is 54.3 Å². The van der Waals surface area contributed by atoms with Crippen molar-refractivity contribution in [1.82, 2.24) is 0 Å². The van der Waals surface area contributed by atoms with E-state index in [4.69, 9.17) is 28.3 Å². The highest BCUT2D eigenvalue weighted by atomic mass is 31.2. The third-order valence-corrected chi connectivity index (χ3v) is 12.1. The zero-order valence-electron chi connectivity index (χ0n) is 38.4. The lowest BCUT2D eigenvalue weighted by Crippen LogP contribution is -2.64. The molecule has 1 fully saturated rings. The first-order chi connectivity index (χ1) is 30.9. The number of carbonyl (C=O) groups excluding carboxylic acids is 2. The maximum atomic E-state index is 13.0. The fourth-order valence-electron chi connectivity index (χ4n) is 6.83. The molecule has 0 aromatic heterocycles. The van der Waals surface area contributed by atoms with E-state index in [2.05, 4.69) is 54.8 Å². The molecule has 20 heteroatoms. The van der Waals surface area contributed by atoms with Crippen molar-refractivity contribution in [1.29, 1.82) is 0 Å². The Morgan fingerprint density at radius 3 is 1.71 bits per heavy atom. The van der Waals surface area contributed by atoms with Crippen molar-refractivity contribution in [2.75, 3.05) is 13.2 Å². The van der Waals surface area contributed by atoms with E-state index in [1.165, 1.54) is 0 Å². The van der Waals surface area contributed by atoms with Crippen LogP contribution in [0.25, 0.3) is 0 Å². The minimum Gasteiger partial charge on any atom is -0.462 e. The molecule has 378 valence electrons. The summed E-state index contributed by atoms with van der Waals surface area (Å²) >= 11 is 0. The molecule has 0 aromatic carbocycles. The number of rotatable bonds is 38. The molecule has 10 atom stereocenters. The normalized spacial score (nSPS) is 23.1. The molecule has 0 saturated heterocycles. The number of aliphatic hydroxyl groups is 6. The number of hydrogen-bond acceptors (Lipinski definition) is 15. The zero-order chi connectivity index (χ0) is 48.5. The van der Waals surface area contributed by atoms with E-state index in [0.717, 1.165) is 89.9 Å². The third kappa shape index (κ3) is 30.1. The van der Waals surface area contributed by atoms with E-state index in [1.54, 1.807) is 0 Å². The van der Waals surface area contributed by atoms with Gasteiger partial charge >= 0.3 is 27.6 Å². The van der Waals surface area contributed by atoms with Crippen LogP contribution < -0.4 is 0 Å². The number of phosphoric ester groups is 2. The number of esters is 2. The number of unbranched alkanes of at least 4 members (excludes halogenated alkanes) is 12. The molecule has 1 aliphatic carbocycles. The molecule has 0 heterocycles. The summed E-state index contributed by atoms with van der Waals surface area (Å²) in [6.07, 6.45) is 16.6. The average molecular weight is 971 g/mol. The lowest BCUT2D eigenvalue weighted by atomic mass is 9.85. The van der Waals surface area contributed by atoms with Gasteiger partial charge in [0.2, 0.25) is 0 Å². The fourth-order valence-corrected chi connectivity index (χ4v) is 8.37. The number of phosphoric acid groups is 2. The van der Waals surface area contributed by atoms with Crippen LogP contribution in [0.15, 0.2) is 48.6 Å². The molecule has 5 unspecified atom stereocenters. The van der Waals surface area contributed by atoms with Crippen molar-refractivity contribution in [3.05, 3.63) is 48.6 Å². The fraction of sp³-hybridized carbons (Fsp3) is 0.778. The van der Waals surface area contributed by atoms with Crippen LogP contribution in [-0.2, 0) is 41.8 Å². The van der Waals surface area contributed by atoms with Gasteiger partial charge in [-0.25, -0.2) is 9.13 Å². The highest BCUT2D eigenvalue weighted by Crippen LogP contribution is 2.49. The molecule has 1 saturated carbocycles. The van der Waals surface area contributed by atoms with Crippen LogP contribution >= 0.6 is 15.6 Å². The van der Waals surface area contributed by atoms with E-state index in [-0.39, 0.29) is 12.8 Å². The highest BCUT2D eigenvalue weighted by molar-refractivity contribution is 7.47. The lowest BCUT2D eigenvalue weighted by molar-refractivity contribution is -0.216. The molecule has 0 amide bonds.